The van der Waals surface area contributed by atoms with Crippen molar-refractivity contribution in [2.24, 2.45) is 5.41 Å². The first-order valence-corrected chi connectivity index (χ1v) is 9.82. The highest BCUT2D eigenvalue weighted by Gasteiger charge is 2.24. The summed E-state index contributed by atoms with van der Waals surface area (Å²) in [6.45, 7) is 10.1. The van der Waals surface area contributed by atoms with Crippen molar-refractivity contribution in [3.05, 3.63) is 52.5 Å². The molecule has 0 bridgehead atoms. The third-order valence-corrected chi connectivity index (χ3v) is 5.71. The van der Waals surface area contributed by atoms with Crippen LogP contribution in [0, 0.1) is 5.41 Å². The van der Waals surface area contributed by atoms with Crippen LogP contribution in [-0.2, 0) is 13.0 Å². The normalized spacial score (nSPS) is 12.0. The average Bonchev–Trinajstić information content (AvgIpc) is 2.87. The summed E-state index contributed by atoms with van der Waals surface area (Å²) in [5.41, 5.74) is 12.4. The van der Waals surface area contributed by atoms with Crippen molar-refractivity contribution in [1.29, 1.82) is 0 Å². The van der Waals surface area contributed by atoms with Crippen LogP contribution in [0.2, 0.25) is 0 Å². The maximum atomic E-state index is 6.09. The molecule has 0 aliphatic heterocycles. The van der Waals surface area contributed by atoms with Gasteiger partial charge in [0.2, 0.25) is 0 Å². The molecule has 0 spiro atoms. The SMILES string of the molecule is CCn1c(-c2cccc(N)c2)c(CC(C)(C)CC)c2cc(Br)ccc21. The molecule has 3 heteroatoms. The standard InChI is InChI=1S/C22H27BrN2/c1-5-22(3,4)14-19-18-13-16(23)10-11-20(18)25(6-2)21(19)15-8-7-9-17(24)12-15/h7-13H,5-6,14,24H2,1-4H3. The Labute approximate surface area is 159 Å². The lowest BCUT2D eigenvalue weighted by Gasteiger charge is -2.23. The molecule has 2 nitrogen and oxygen atoms in total. The van der Waals surface area contributed by atoms with Gasteiger partial charge in [0.05, 0.1) is 5.69 Å². The van der Waals surface area contributed by atoms with Crippen LogP contribution in [0.15, 0.2) is 46.9 Å². The molecule has 0 unspecified atom stereocenters. The van der Waals surface area contributed by atoms with E-state index in [4.69, 9.17) is 5.73 Å². The molecule has 1 heterocycles. The van der Waals surface area contributed by atoms with E-state index in [9.17, 15) is 0 Å². The molecule has 0 amide bonds. The Morgan fingerprint density at radius 3 is 2.48 bits per heavy atom. The summed E-state index contributed by atoms with van der Waals surface area (Å²) in [7, 11) is 0. The number of hydrogen-bond acceptors (Lipinski definition) is 1. The Kier molecular flexibility index (Phi) is 4.97. The third kappa shape index (κ3) is 3.48. The Bertz CT molecular complexity index is 906. The average molecular weight is 399 g/mol. The second-order valence-electron chi connectivity index (χ2n) is 7.55. The molecule has 0 aliphatic carbocycles. The first kappa shape index (κ1) is 18.1. The van der Waals surface area contributed by atoms with Crippen molar-refractivity contribution < 1.29 is 0 Å². The van der Waals surface area contributed by atoms with E-state index in [1.807, 2.05) is 12.1 Å². The molecule has 0 fully saturated rings. The molecule has 25 heavy (non-hydrogen) atoms. The largest absolute Gasteiger partial charge is 0.399 e. The number of halogens is 1. The van der Waals surface area contributed by atoms with E-state index in [0.29, 0.717) is 0 Å². The second-order valence-corrected chi connectivity index (χ2v) is 8.47. The fraction of sp³-hybridized carbons (Fsp3) is 0.364. The third-order valence-electron chi connectivity index (χ3n) is 5.22. The van der Waals surface area contributed by atoms with E-state index in [0.717, 1.165) is 29.5 Å². The molecule has 0 saturated carbocycles. The molecule has 1 aromatic heterocycles. The monoisotopic (exact) mass is 398 g/mol. The summed E-state index contributed by atoms with van der Waals surface area (Å²) in [5.74, 6) is 0. The molecule has 3 rings (SSSR count). The number of fused-ring (bicyclic) bond motifs is 1. The topological polar surface area (TPSA) is 30.9 Å². The van der Waals surface area contributed by atoms with Crippen LogP contribution in [0.5, 0.6) is 0 Å². The highest BCUT2D eigenvalue weighted by Crippen LogP contribution is 2.40. The van der Waals surface area contributed by atoms with Crippen LogP contribution >= 0.6 is 15.9 Å². The van der Waals surface area contributed by atoms with Crippen molar-refractivity contribution in [1.82, 2.24) is 4.57 Å². The molecule has 2 aromatic carbocycles. The van der Waals surface area contributed by atoms with Gasteiger partial charge in [-0.25, -0.2) is 0 Å². The van der Waals surface area contributed by atoms with Gasteiger partial charge in [-0.15, -0.1) is 0 Å². The lowest BCUT2D eigenvalue weighted by Crippen LogP contribution is -2.14. The smallest absolute Gasteiger partial charge is 0.0524 e. The van der Waals surface area contributed by atoms with Gasteiger partial charge in [0.25, 0.3) is 0 Å². The highest BCUT2D eigenvalue weighted by molar-refractivity contribution is 9.10. The van der Waals surface area contributed by atoms with Crippen LogP contribution in [0.1, 0.15) is 39.7 Å². The Hall–Kier alpha value is -1.74. The van der Waals surface area contributed by atoms with Gasteiger partial charge in [-0.05, 0) is 54.7 Å². The van der Waals surface area contributed by atoms with E-state index in [-0.39, 0.29) is 5.41 Å². The number of rotatable bonds is 5. The van der Waals surface area contributed by atoms with Crippen LogP contribution in [-0.4, -0.2) is 4.57 Å². The van der Waals surface area contributed by atoms with Crippen LogP contribution in [0.3, 0.4) is 0 Å². The first-order chi connectivity index (χ1) is 11.9. The van der Waals surface area contributed by atoms with Crippen LogP contribution in [0.25, 0.3) is 22.2 Å². The maximum absolute atomic E-state index is 6.09. The predicted octanol–water partition coefficient (Wildman–Crippen LogP) is 6.65. The van der Waals surface area contributed by atoms with Crippen molar-refractivity contribution in [3.8, 4) is 11.3 Å². The number of nitrogen functional groups attached to an aromatic ring is 1. The molecule has 3 aromatic rings. The number of hydrogen-bond donors (Lipinski definition) is 1. The van der Waals surface area contributed by atoms with E-state index < -0.39 is 0 Å². The zero-order valence-corrected chi connectivity index (χ0v) is 17.2. The summed E-state index contributed by atoms with van der Waals surface area (Å²) < 4.78 is 3.56. The van der Waals surface area contributed by atoms with Crippen molar-refractivity contribution >= 4 is 32.5 Å². The van der Waals surface area contributed by atoms with Gasteiger partial charge < -0.3 is 10.3 Å². The minimum absolute atomic E-state index is 0.254. The van der Waals surface area contributed by atoms with E-state index >= 15 is 0 Å². The molecule has 0 saturated heterocycles. The Morgan fingerprint density at radius 1 is 1.08 bits per heavy atom. The number of aromatic nitrogens is 1. The summed E-state index contributed by atoms with van der Waals surface area (Å²) in [6, 6.07) is 14.9. The van der Waals surface area contributed by atoms with Crippen molar-refractivity contribution in [3.63, 3.8) is 0 Å². The van der Waals surface area contributed by atoms with Crippen molar-refractivity contribution in [2.45, 2.75) is 47.1 Å². The van der Waals surface area contributed by atoms with E-state index in [1.165, 1.54) is 27.7 Å². The van der Waals surface area contributed by atoms with Crippen LogP contribution in [0.4, 0.5) is 5.69 Å². The van der Waals surface area contributed by atoms with Gasteiger partial charge in [-0.1, -0.05) is 55.3 Å². The van der Waals surface area contributed by atoms with Gasteiger partial charge >= 0.3 is 0 Å². The van der Waals surface area contributed by atoms with Crippen LogP contribution < -0.4 is 5.73 Å². The van der Waals surface area contributed by atoms with Gasteiger partial charge in [-0.2, -0.15) is 0 Å². The summed E-state index contributed by atoms with van der Waals surface area (Å²) in [4.78, 5) is 0. The number of nitrogens with two attached hydrogens (primary N) is 1. The van der Waals surface area contributed by atoms with Gasteiger partial charge in [-0.3, -0.25) is 0 Å². The van der Waals surface area contributed by atoms with Gasteiger partial charge in [0, 0.05) is 33.2 Å². The number of benzene rings is 2. The van der Waals surface area contributed by atoms with E-state index in [2.05, 4.69) is 78.5 Å². The second kappa shape index (κ2) is 6.87. The minimum Gasteiger partial charge on any atom is -0.399 e. The summed E-state index contributed by atoms with van der Waals surface area (Å²) in [5, 5.41) is 1.34. The zero-order valence-electron chi connectivity index (χ0n) is 15.6. The molecular weight excluding hydrogens is 372 g/mol. The number of nitrogens with zero attached hydrogens (tertiary/aromatic N) is 1. The van der Waals surface area contributed by atoms with Gasteiger partial charge in [0.1, 0.15) is 0 Å². The lowest BCUT2D eigenvalue weighted by atomic mass is 9.82. The molecule has 0 radical (unpaired) electrons. The summed E-state index contributed by atoms with van der Waals surface area (Å²) in [6.07, 6.45) is 2.20. The Balaban J connectivity index is 2.36. The maximum Gasteiger partial charge on any atom is 0.0524 e. The quantitative estimate of drug-likeness (QED) is 0.478. The number of aryl methyl sites for hydroxylation is 1. The first-order valence-electron chi connectivity index (χ1n) is 9.03. The number of anilines is 1. The molecular formula is C22H27BrN2. The zero-order chi connectivity index (χ0) is 18.2. The highest BCUT2D eigenvalue weighted by atomic mass is 79.9. The van der Waals surface area contributed by atoms with Gasteiger partial charge in [0.15, 0.2) is 0 Å². The predicted molar refractivity (Wildman–Crippen MR) is 113 cm³/mol. The lowest BCUT2D eigenvalue weighted by molar-refractivity contribution is 0.350. The van der Waals surface area contributed by atoms with Crippen molar-refractivity contribution in [2.75, 3.05) is 5.73 Å². The fourth-order valence-electron chi connectivity index (χ4n) is 3.52. The molecule has 132 valence electrons. The van der Waals surface area contributed by atoms with E-state index in [1.54, 1.807) is 0 Å². The molecule has 0 atom stereocenters. The minimum atomic E-state index is 0.254. The molecule has 0 aliphatic rings. The Morgan fingerprint density at radius 2 is 1.84 bits per heavy atom. The fourth-order valence-corrected chi connectivity index (χ4v) is 3.88. The summed E-state index contributed by atoms with van der Waals surface area (Å²) >= 11 is 3.66. The molecule has 2 N–H and O–H groups in total.